The minimum atomic E-state index is 0.473. The molecule has 1 aromatic heterocycles. The number of rotatable bonds is 1. The maximum absolute atomic E-state index is 5.53. The van der Waals surface area contributed by atoms with Crippen molar-refractivity contribution in [3.8, 4) is 0 Å². The SMILES string of the molecule is CC1CCCC(n2ncc(N)n2)C1. The van der Waals surface area contributed by atoms with E-state index >= 15 is 0 Å². The molecule has 2 atom stereocenters. The number of nitrogens with zero attached hydrogens (tertiary/aromatic N) is 3. The van der Waals surface area contributed by atoms with Crippen LogP contribution in [0.3, 0.4) is 0 Å². The van der Waals surface area contributed by atoms with Gasteiger partial charge < -0.3 is 5.73 Å². The predicted octanol–water partition coefficient (Wildman–Crippen LogP) is 1.61. The molecule has 1 heterocycles. The molecular weight excluding hydrogens is 164 g/mol. The van der Waals surface area contributed by atoms with Crippen molar-refractivity contribution in [2.75, 3.05) is 5.73 Å². The molecule has 4 heteroatoms. The van der Waals surface area contributed by atoms with Crippen LogP contribution in [0.15, 0.2) is 6.20 Å². The van der Waals surface area contributed by atoms with E-state index in [2.05, 4.69) is 17.1 Å². The Bertz CT molecular complexity index is 281. The molecule has 1 aliphatic carbocycles. The molecule has 0 aromatic carbocycles. The Kier molecular flexibility index (Phi) is 2.20. The average Bonchev–Trinajstić information content (AvgIpc) is 2.52. The van der Waals surface area contributed by atoms with E-state index in [1.54, 1.807) is 11.0 Å². The lowest BCUT2D eigenvalue weighted by Crippen LogP contribution is -2.19. The molecule has 13 heavy (non-hydrogen) atoms. The Hall–Kier alpha value is -1.06. The van der Waals surface area contributed by atoms with E-state index < -0.39 is 0 Å². The molecule has 1 aliphatic rings. The summed E-state index contributed by atoms with van der Waals surface area (Å²) in [6, 6.07) is 0.473. The summed E-state index contributed by atoms with van der Waals surface area (Å²) in [5.74, 6) is 1.32. The molecule has 0 radical (unpaired) electrons. The second kappa shape index (κ2) is 3.36. The first kappa shape index (κ1) is 8.53. The summed E-state index contributed by atoms with van der Waals surface area (Å²) in [6.07, 6.45) is 6.63. The van der Waals surface area contributed by atoms with Gasteiger partial charge in [0, 0.05) is 0 Å². The van der Waals surface area contributed by atoms with E-state index in [9.17, 15) is 0 Å². The van der Waals surface area contributed by atoms with E-state index in [0.29, 0.717) is 11.9 Å². The van der Waals surface area contributed by atoms with E-state index in [0.717, 1.165) is 5.92 Å². The molecule has 2 unspecified atom stereocenters. The maximum atomic E-state index is 5.53. The van der Waals surface area contributed by atoms with Crippen molar-refractivity contribution in [2.24, 2.45) is 5.92 Å². The summed E-state index contributed by atoms with van der Waals surface area (Å²) < 4.78 is 0. The van der Waals surface area contributed by atoms with Crippen LogP contribution in [0.25, 0.3) is 0 Å². The number of aromatic nitrogens is 3. The summed E-state index contributed by atoms with van der Waals surface area (Å²) in [5, 5.41) is 8.31. The van der Waals surface area contributed by atoms with Gasteiger partial charge in [-0.15, -0.1) is 5.10 Å². The smallest absolute Gasteiger partial charge is 0.165 e. The fourth-order valence-electron chi connectivity index (χ4n) is 2.08. The van der Waals surface area contributed by atoms with Crippen molar-refractivity contribution in [1.29, 1.82) is 0 Å². The molecular formula is C9H16N4. The highest BCUT2D eigenvalue weighted by Gasteiger charge is 2.21. The standard InChI is InChI=1S/C9H16N4/c1-7-3-2-4-8(5-7)13-11-6-9(10)12-13/h6-8H,2-5H2,1H3,(H2,10,12). The van der Waals surface area contributed by atoms with E-state index in [1.807, 2.05) is 0 Å². The fourth-order valence-corrected chi connectivity index (χ4v) is 2.08. The maximum Gasteiger partial charge on any atom is 0.165 e. The number of nitrogen functional groups attached to an aromatic ring is 1. The van der Waals surface area contributed by atoms with Gasteiger partial charge in [-0.1, -0.05) is 19.8 Å². The third-order valence-corrected chi connectivity index (χ3v) is 2.76. The van der Waals surface area contributed by atoms with Crippen molar-refractivity contribution < 1.29 is 0 Å². The Morgan fingerprint density at radius 3 is 3.00 bits per heavy atom. The monoisotopic (exact) mass is 180 g/mol. The van der Waals surface area contributed by atoms with Crippen LogP contribution < -0.4 is 5.73 Å². The molecule has 0 amide bonds. The molecule has 0 bridgehead atoms. The van der Waals surface area contributed by atoms with E-state index in [-0.39, 0.29) is 0 Å². The summed E-state index contributed by atoms with van der Waals surface area (Å²) in [5.41, 5.74) is 5.53. The third kappa shape index (κ3) is 1.82. The average molecular weight is 180 g/mol. The van der Waals surface area contributed by atoms with Gasteiger partial charge in [0.25, 0.3) is 0 Å². The zero-order chi connectivity index (χ0) is 9.26. The Labute approximate surface area is 78.1 Å². The van der Waals surface area contributed by atoms with Gasteiger partial charge in [0.2, 0.25) is 0 Å². The van der Waals surface area contributed by atoms with Gasteiger partial charge >= 0.3 is 0 Å². The molecule has 1 fully saturated rings. The number of hydrogen-bond acceptors (Lipinski definition) is 3. The van der Waals surface area contributed by atoms with Crippen LogP contribution in [-0.4, -0.2) is 15.0 Å². The van der Waals surface area contributed by atoms with Crippen molar-refractivity contribution in [1.82, 2.24) is 15.0 Å². The van der Waals surface area contributed by atoms with Crippen LogP contribution in [0.1, 0.15) is 38.6 Å². The van der Waals surface area contributed by atoms with Crippen molar-refractivity contribution in [3.63, 3.8) is 0 Å². The van der Waals surface area contributed by atoms with Crippen LogP contribution in [0.5, 0.6) is 0 Å². The quantitative estimate of drug-likeness (QED) is 0.714. The Morgan fingerprint density at radius 2 is 2.38 bits per heavy atom. The van der Waals surface area contributed by atoms with Crippen LogP contribution in [-0.2, 0) is 0 Å². The van der Waals surface area contributed by atoms with Crippen LogP contribution in [0, 0.1) is 5.92 Å². The Morgan fingerprint density at radius 1 is 1.54 bits per heavy atom. The summed E-state index contributed by atoms with van der Waals surface area (Å²) in [4.78, 5) is 1.78. The molecule has 0 spiro atoms. The van der Waals surface area contributed by atoms with Gasteiger partial charge in [-0.25, -0.2) is 0 Å². The molecule has 72 valence electrons. The number of hydrogen-bond donors (Lipinski definition) is 1. The lowest BCUT2D eigenvalue weighted by molar-refractivity contribution is 0.247. The van der Waals surface area contributed by atoms with Crippen LogP contribution in [0.2, 0.25) is 0 Å². The second-order valence-electron chi connectivity index (χ2n) is 4.02. The topological polar surface area (TPSA) is 56.7 Å². The zero-order valence-corrected chi connectivity index (χ0v) is 7.98. The second-order valence-corrected chi connectivity index (χ2v) is 4.02. The highest BCUT2D eigenvalue weighted by Crippen LogP contribution is 2.31. The molecule has 1 aromatic rings. The zero-order valence-electron chi connectivity index (χ0n) is 7.98. The summed E-state index contributed by atoms with van der Waals surface area (Å²) in [7, 11) is 0. The Balaban J connectivity index is 2.08. The highest BCUT2D eigenvalue weighted by atomic mass is 15.5. The third-order valence-electron chi connectivity index (χ3n) is 2.76. The predicted molar refractivity (Wildman–Crippen MR) is 51.1 cm³/mol. The van der Waals surface area contributed by atoms with Crippen molar-refractivity contribution in [3.05, 3.63) is 6.20 Å². The van der Waals surface area contributed by atoms with Gasteiger partial charge in [0.15, 0.2) is 5.82 Å². The van der Waals surface area contributed by atoms with E-state index in [1.165, 1.54) is 25.7 Å². The first-order chi connectivity index (χ1) is 6.25. The van der Waals surface area contributed by atoms with Gasteiger partial charge in [0.05, 0.1) is 12.2 Å². The first-order valence-corrected chi connectivity index (χ1v) is 4.93. The molecule has 0 aliphatic heterocycles. The van der Waals surface area contributed by atoms with Crippen LogP contribution in [0.4, 0.5) is 5.82 Å². The molecule has 2 N–H and O–H groups in total. The first-order valence-electron chi connectivity index (χ1n) is 4.93. The minimum absolute atomic E-state index is 0.473. The summed E-state index contributed by atoms with van der Waals surface area (Å²) in [6.45, 7) is 2.29. The van der Waals surface area contributed by atoms with E-state index in [4.69, 9.17) is 5.73 Å². The van der Waals surface area contributed by atoms with Gasteiger partial charge in [-0.05, 0) is 18.8 Å². The lowest BCUT2D eigenvalue weighted by atomic mass is 9.87. The van der Waals surface area contributed by atoms with Gasteiger partial charge in [-0.3, -0.25) is 0 Å². The number of nitrogens with two attached hydrogens (primary N) is 1. The number of anilines is 1. The van der Waals surface area contributed by atoms with Crippen LogP contribution >= 0.6 is 0 Å². The molecule has 2 rings (SSSR count). The fraction of sp³-hybridized carbons (Fsp3) is 0.778. The van der Waals surface area contributed by atoms with Gasteiger partial charge in [0.1, 0.15) is 0 Å². The lowest BCUT2D eigenvalue weighted by Gasteiger charge is -2.25. The highest BCUT2D eigenvalue weighted by molar-refractivity contribution is 5.19. The summed E-state index contributed by atoms with van der Waals surface area (Å²) >= 11 is 0. The molecule has 4 nitrogen and oxygen atoms in total. The largest absolute Gasteiger partial charge is 0.381 e. The minimum Gasteiger partial charge on any atom is -0.381 e. The molecule has 0 saturated heterocycles. The van der Waals surface area contributed by atoms with Crippen molar-refractivity contribution >= 4 is 5.82 Å². The normalized spacial score (nSPS) is 29.0. The van der Waals surface area contributed by atoms with Gasteiger partial charge in [-0.2, -0.15) is 9.90 Å². The molecule has 1 saturated carbocycles. The van der Waals surface area contributed by atoms with Crippen molar-refractivity contribution in [2.45, 2.75) is 38.6 Å².